The zero-order chi connectivity index (χ0) is 26.7. The molecule has 1 saturated heterocycles. The molecule has 0 unspecified atom stereocenters. The van der Waals surface area contributed by atoms with Gasteiger partial charge in [-0.05, 0) is 71.1 Å². The minimum Gasteiger partial charge on any atom is -0.493 e. The van der Waals surface area contributed by atoms with E-state index in [2.05, 4.69) is 52.8 Å². The monoisotopic (exact) mass is 550 g/mol. The van der Waals surface area contributed by atoms with Gasteiger partial charge in [-0.2, -0.15) is 18.2 Å². The quantitative estimate of drug-likeness (QED) is 0.274. The molecule has 0 atom stereocenters. The Morgan fingerprint density at radius 3 is 2.23 bits per heavy atom. The fourth-order valence-electron chi connectivity index (χ4n) is 4.29. The summed E-state index contributed by atoms with van der Waals surface area (Å²) in [6.07, 6.45) is 8.53. The molecule has 39 heavy (non-hydrogen) atoms. The van der Waals surface area contributed by atoms with Crippen molar-refractivity contribution in [3.63, 3.8) is 0 Å². The topological polar surface area (TPSA) is 88.0 Å². The fraction of sp³-hybridized carbons (Fsp3) is 0.258. The van der Waals surface area contributed by atoms with Crippen LogP contribution in [0.4, 0.5) is 5.69 Å². The van der Waals surface area contributed by atoms with Gasteiger partial charge in [-0.25, -0.2) is 0 Å². The number of carbonyl (C=O) groups excluding carboxylic acids is 1. The van der Waals surface area contributed by atoms with Crippen LogP contribution in [0.2, 0.25) is 0 Å². The van der Waals surface area contributed by atoms with E-state index in [1.165, 1.54) is 43.9 Å². The number of thioether (sulfide) groups is 1. The molecule has 2 fully saturated rings. The molecule has 5 rings (SSSR count). The van der Waals surface area contributed by atoms with E-state index in [0.29, 0.717) is 16.0 Å². The number of ether oxygens (including phenoxy) is 1. The molecule has 196 valence electrons. The second-order valence-corrected chi connectivity index (χ2v) is 10.3. The number of carbonyl (C=O) groups is 2. The Hall–Kier alpha value is -2.84. The van der Waals surface area contributed by atoms with Crippen molar-refractivity contribution < 1.29 is 49.0 Å². The number of amidine groups is 1. The molecule has 1 amide bonds. The molecule has 8 heteroatoms. The van der Waals surface area contributed by atoms with E-state index in [9.17, 15) is 4.79 Å². The van der Waals surface area contributed by atoms with Crippen LogP contribution in [-0.4, -0.2) is 28.8 Å². The van der Waals surface area contributed by atoms with Gasteiger partial charge in [0.2, 0.25) is 0 Å². The summed E-state index contributed by atoms with van der Waals surface area (Å²) in [6, 6.07) is 26.8. The molecule has 0 aromatic heterocycles. The van der Waals surface area contributed by atoms with Gasteiger partial charge >= 0.3 is 29.6 Å². The second-order valence-electron chi connectivity index (χ2n) is 9.22. The number of aliphatic imine (C=N–C) groups is 1. The van der Waals surface area contributed by atoms with Gasteiger partial charge in [-0.1, -0.05) is 55.7 Å². The van der Waals surface area contributed by atoms with Gasteiger partial charge in [0.1, 0.15) is 5.75 Å². The van der Waals surface area contributed by atoms with Crippen molar-refractivity contribution in [3.05, 3.63) is 89.3 Å². The maximum atomic E-state index is 12.4. The average molecular weight is 551 g/mol. The standard InChI is InChI=1S/C29H27N2O2S.C2H4O2.Na/c32-28-27(34-29(31-28)30-25-9-5-2-6-10-25)19-21-11-13-23(14-12-21)24-15-17-26(18-16-24)33-20-22-7-3-1-4-8-22;1-2(3)4;/h5-6,9-19,22H,1,3-4,7-8,20H2,(H,30,31,32);1H3,(H,3,4);/q-1;;+1. The van der Waals surface area contributed by atoms with Crippen LogP contribution in [0.15, 0.2) is 82.7 Å². The maximum Gasteiger partial charge on any atom is 1.00 e. The van der Waals surface area contributed by atoms with Gasteiger partial charge in [0.05, 0.1) is 11.5 Å². The molecule has 2 aliphatic rings. The van der Waals surface area contributed by atoms with Gasteiger partial charge in [0.25, 0.3) is 11.9 Å². The molecule has 1 aliphatic heterocycles. The van der Waals surface area contributed by atoms with Crippen molar-refractivity contribution in [1.29, 1.82) is 0 Å². The van der Waals surface area contributed by atoms with Gasteiger partial charge < -0.3 is 15.2 Å². The molecule has 6 nitrogen and oxygen atoms in total. The third-order valence-electron chi connectivity index (χ3n) is 6.19. The minimum absolute atomic E-state index is 0. The Kier molecular flexibility index (Phi) is 12.3. The van der Waals surface area contributed by atoms with Gasteiger partial charge in [0, 0.05) is 6.92 Å². The van der Waals surface area contributed by atoms with E-state index < -0.39 is 5.97 Å². The number of rotatable bonds is 6. The van der Waals surface area contributed by atoms with E-state index in [1.54, 1.807) is 12.1 Å². The first-order chi connectivity index (χ1) is 18.5. The van der Waals surface area contributed by atoms with E-state index in [0.717, 1.165) is 41.7 Å². The van der Waals surface area contributed by atoms with Crippen LogP contribution in [0.1, 0.15) is 44.6 Å². The summed E-state index contributed by atoms with van der Waals surface area (Å²) >= 11 is 1.35. The summed E-state index contributed by atoms with van der Waals surface area (Å²) in [4.78, 5) is 26.5. The first kappa shape index (κ1) is 30.7. The Labute approximate surface area is 256 Å². The van der Waals surface area contributed by atoms with Gasteiger partial charge in [0.15, 0.2) is 5.17 Å². The first-order valence-corrected chi connectivity index (χ1v) is 13.6. The molecule has 0 bridgehead atoms. The molecule has 1 saturated carbocycles. The summed E-state index contributed by atoms with van der Waals surface area (Å²) in [6.45, 7) is 1.91. The van der Waals surface area contributed by atoms with Crippen LogP contribution in [0.3, 0.4) is 0 Å². The molecular formula is C31H31N2NaO4S. The maximum absolute atomic E-state index is 12.4. The molecule has 2 N–H and O–H groups in total. The van der Waals surface area contributed by atoms with Crippen LogP contribution in [0, 0.1) is 12.0 Å². The summed E-state index contributed by atoms with van der Waals surface area (Å²) < 4.78 is 6.03. The summed E-state index contributed by atoms with van der Waals surface area (Å²) in [5.41, 5.74) is 4.04. The van der Waals surface area contributed by atoms with Crippen molar-refractivity contribution in [1.82, 2.24) is 5.32 Å². The Morgan fingerprint density at radius 1 is 1.03 bits per heavy atom. The summed E-state index contributed by atoms with van der Waals surface area (Å²) in [5, 5.41) is 10.8. The Morgan fingerprint density at radius 2 is 1.62 bits per heavy atom. The van der Waals surface area contributed by atoms with E-state index in [1.807, 2.05) is 30.3 Å². The predicted octanol–water partition coefficient (Wildman–Crippen LogP) is 4.10. The predicted molar refractivity (Wildman–Crippen MR) is 153 cm³/mol. The normalized spacial score (nSPS) is 17.1. The number of nitrogens with zero attached hydrogens (tertiary/aromatic N) is 1. The largest absolute Gasteiger partial charge is 1.00 e. The van der Waals surface area contributed by atoms with Crippen molar-refractivity contribution in [3.8, 4) is 16.9 Å². The van der Waals surface area contributed by atoms with Crippen molar-refractivity contribution in [2.45, 2.75) is 39.0 Å². The van der Waals surface area contributed by atoms with Crippen LogP contribution >= 0.6 is 11.8 Å². The number of carboxylic acid groups (broad SMARTS) is 1. The zero-order valence-electron chi connectivity index (χ0n) is 22.4. The minimum atomic E-state index is -0.833. The fourth-order valence-corrected chi connectivity index (χ4v) is 5.13. The molecule has 1 heterocycles. The Bertz CT molecular complexity index is 1280. The molecule has 0 radical (unpaired) electrons. The SMILES string of the molecule is CC(=O)O.O=C1NC(=Nc2cc[c-]cc2)SC1=Cc1ccc(-c2ccc(OCC3CCCCC3)cc2)cc1.[Na+]. The number of hydrogen-bond acceptors (Lipinski definition) is 5. The zero-order valence-corrected chi connectivity index (χ0v) is 25.2. The number of aliphatic carboxylic acids is 1. The number of benzene rings is 3. The van der Waals surface area contributed by atoms with E-state index in [-0.39, 0.29) is 35.5 Å². The third kappa shape index (κ3) is 10.0. The molecule has 3 aromatic carbocycles. The third-order valence-corrected chi connectivity index (χ3v) is 7.10. The number of hydrogen-bond donors (Lipinski definition) is 2. The van der Waals surface area contributed by atoms with Crippen molar-refractivity contribution in [2.75, 3.05) is 6.61 Å². The second kappa shape index (κ2) is 15.7. The van der Waals surface area contributed by atoms with E-state index in [4.69, 9.17) is 14.6 Å². The van der Waals surface area contributed by atoms with Crippen LogP contribution in [0.5, 0.6) is 5.75 Å². The smallest absolute Gasteiger partial charge is 0.493 e. The molecule has 1 aliphatic carbocycles. The molecule has 0 spiro atoms. The number of nitrogens with one attached hydrogen (secondary N) is 1. The van der Waals surface area contributed by atoms with Gasteiger partial charge in [-0.15, -0.1) is 12.1 Å². The van der Waals surface area contributed by atoms with Crippen LogP contribution < -0.4 is 39.6 Å². The van der Waals surface area contributed by atoms with Crippen molar-refractivity contribution >= 4 is 40.6 Å². The summed E-state index contributed by atoms with van der Waals surface area (Å²) in [7, 11) is 0. The number of amides is 1. The Balaban J connectivity index is 0.000000788. The van der Waals surface area contributed by atoms with Gasteiger partial charge in [-0.3, -0.25) is 14.6 Å². The summed E-state index contributed by atoms with van der Waals surface area (Å²) in [5.74, 6) is 0.680. The number of carboxylic acids is 1. The molecule has 3 aromatic rings. The van der Waals surface area contributed by atoms with Crippen LogP contribution in [0.25, 0.3) is 17.2 Å². The van der Waals surface area contributed by atoms with E-state index >= 15 is 0 Å². The first-order valence-electron chi connectivity index (χ1n) is 12.7. The average Bonchev–Trinajstić information content (AvgIpc) is 3.27. The van der Waals surface area contributed by atoms with Crippen molar-refractivity contribution in [2.24, 2.45) is 10.9 Å². The molecular weight excluding hydrogens is 519 g/mol. The van der Waals surface area contributed by atoms with Crippen LogP contribution in [-0.2, 0) is 9.59 Å².